The first-order valence-corrected chi connectivity index (χ1v) is 8.42. The summed E-state index contributed by atoms with van der Waals surface area (Å²) in [6, 6.07) is 8.16. The van der Waals surface area contributed by atoms with Gasteiger partial charge in [0.15, 0.2) is 0 Å². The van der Waals surface area contributed by atoms with Crippen LogP contribution < -0.4 is 4.72 Å². The molecule has 1 heterocycles. The van der Waals surface area contributed by atoms with Crippen molar-refractivity contribution in [2.45, 2.75) is 17.9 Å². The Morgan fingerprint density at radius 2 is 1.90 bits per heavy atom. The van der Waals surface area contributed by atoms with E-state index in [1.165, 1.54) is 18.5 Å². The second-order valence-electron chi connectivity index (χ2n) is 4.23. The molecule has 4 nitrogen and oxygen atoms in total. The molecule has 0 amide bonds. The van der Waals surface area contributed by atoms with Crippen LogP contribution in [0.25, 0.3) is 0 Å². The van der Waals surface area contributed by atoms with Crippen molar-refractivity contribution in [1.82, 2.24) is 9.71 Å². The Morgan fingerprint density at radius 3 is 2.50 bits per heavy atom. The van der Waals surface area contributed by atoms with Crippen molar-refractivity contribution in [2.75, 3.05) is 0 Å². The molecule has 0 radical (unpaired) electrons. The van der Waals surface area contributed by atoms with Gasteiger partial charge in [-0.3, -0.25) is 4.98 Å². The fraction of sp³-hybridized carbons (Fsp3) is 0.154. The average molecular weight is 376 g/mol. The lowest BCUT2D eigenvalue weighted by atomic mass is 10.1. The van der Waals surface area contributed by atoms with Gasteiger partial charge in [0.1, 0.15) is 4.90 Å². The summed E-state index contributed by atoms with van der Waals surface area (Å²) in [6.45, 7) is 1.77. The van der Waals surface area contributed by atoms with Crippen LogP contribution >= 0.6 is 27.5 Å². The number of halogens is 2. The zero-order valence-electron chi connectivity index (χ0n) is 10.5. The Bertz CT molecular complexity index is 705. The molecule has 1 N–H and O–H groups in total. The third-order valence-electron chi connectivity index (χ3n) is 2.69. The molecule has 0 aliphatic rings. The standard InChI is InChI=1S/C13H12BrClN2O2S/c1-9(10-2-4-12(15)5-3-10)17-20(18,19)13-6-11(14)7-16-8-13/h2-9,17H,1H3. The van der Waals surface area contributed by atoms with Crippen LogP contribution in [0, 0.1) is 0 Å². The summed E-state index contributed by atoms with van der Waals surface area (Å²) in [6.07, 6.45) is 2.84. The van der Waals surface area contributed by atoms with E-state index in [-0.39, 0.29) is 10.9 Å². The molecule has 106 valence electrons. The van der Waals surface area contributed by atoms with Gasteiger partial charge in [-0.15, -0.1) is 0 Å². The Balaban J connectivity index is 2.22. The van der Waals surface area contributed by atoms with E-state index in [1.807, 2.05) is 0 Å². The van der Waals surface area contributed by atoms with E-state index in [0.717, 1.165) is 5.56 Å². The Kier molecular flexibility index (Phi) is 4.80. The summed E-state index contributed by atoms with van der Waals surface area (Å²) >= 11 is 9.01. The van der Waals surface area contributed by atoms with Crippen molar-refractivity contribution in [2.24, 2.45) is 0 Å². The third-order valence-corrected chi connectivity index (χ3v) is 4.89. The first kappa shape index (κ1) is 15.4. The second kappa shape index (κ2) is 6.22. The molecule has 1 unspecified atom stereocenters. The number of rotatable bonds is 4. The van der Waals surface area contributed by atoms with Crippen LogP contribution in [0.1, 0.15) is 18.5 Å². The molecule has 1 aromatic heterocycles. The summed E-state index contributed by atoms with van der Waals surface area (Å²) in [5.74, 6) is 0. The van der Waals surface area contributed by atoms with Crippen LogP contribution in [0.15, 0.2) is 52.1 Å². The Morgan fingerprint density at radius 1 is 1.25 bits per heavy atom. The summed E-state index contributed by atoms with van der Waals surface area (Å²) in [5, 5.41) is 0.611. The molecule has 2 aromatic rings. The SMILES string of the molecule is CC(NS(=O)(=O)c1cncc(Br)c1)c1ccc(Cl)cc1. The first-order valence-electron chi connectivity index (χ1n) is 5.77. The number of sulfonamides is 1. The van der Waals surface area contributed by atoms with E-state index >= 15 is 0 Å². The van der Waals surface area contributed by atoms with Crippen LogP contribution in [0.3, 0.4) is 0 Å². The molecule has 0 bridgehead atoms. The van der Waals surface area contributed by atoms with Crippen molar-refractivity contribution >= 4 is 37.6 Å². The molecule has 0 aliphatic heterocycles. The highest BCUT2D eigenvalue weighted by molar-refractivity contribution is 9.10. The maximum atomic E-state index is 12.2. The lowest BCUT2D eigenvalue weighted by Gasteiger charge is -2.14. The molecule has 0 aliphatic carbocycles. The molecule has 0 fully saturated rings. The van der Waals surface area contributed by atoms with Crippen molar-refractivity contribution in [3.63, 3.8) is 0 Å². The normalized spacial score (nSPS) is 13.2. The number of benzene rings is 1. The maximum absolute atomic E-state index is 12.2. The summed E-state index contributed by atoms with van der Waals surface area (Å²) in [7, 11) is -3.62. The third kappa shape index (κ3) is 3.79. The number of aromatic nitrogens is 1. The minimum absolute atomic E-state index is 0.118. The minimum atomic E-state index is -3.62. The molecule has 0 saturated carbocycles. The van der Waals surface area contributed by atoms with E-state index in [0.29, 0.717) is 9.50 Å². The van der Waals surface area contributed by atoms with E-state index in [9.17, 15) is 8.42 Å². The second-order valence-corrected chi connectivity index (χ2v) is 7.30. The smallest absolute Gasteiger partial charge is 0.242 e. The van der Waals surface area contributed by atoms with Crippen molar-refractivity contribution in [1.29, 1.82) is 0 Å². The van der Waals surface area contributed by atoms with E-state index in [2.05, 4.69) is 25.6 Å². The van der Waals surface area contributed by atoms with Crippen LogP contribution in [-0.4, -0.2) is 13.4 Å². The summed E-state index contributed by atoms with van der Waals surface area (Å²) in [5.41, 5.74) is 0.834. The van der Waals surface area contributed by atoms with Gasteiger partial charge in [-0.25, -0.2) is 13.1 Å². The van der Waals surface area contributed by atoms with Gasteiger partial charge in [-0.2, -0.15) is 0 Å². The summed E-state index contributed by atoms with van der Waals surface area (Å²) < 4.78 is 27.7. The molecular weight excluding hydrogens is 364 g/mol. The number of nitrogens with zero attached hydrogens (tertiary/aromatic N) is 1. The predicted octanol–water partition coefficient (Wildman–Crippen LogP) is 3.54. The van der Waals surface area contributed by atoms with Gasteiger partial charge in [0.25, 0.3) is 0 Å². The Labute approximate surface area is 131 Å². The van der Waals surface area contributed by atoms with Gasteiger partial charge >= 0.3 is 0 Å². The van der Waals surface area contributed by atoms with Gasteiger partial charge < -0.3 is 0 Å². The zero-order chi connectivity index (χ0) is 14.8. The van der Waals surface area contributed by atoms with Crippen molar-refractivity contribution in [3.05, 3.63) is 57.8 Å². The van der Waals surface area contributed by atoms with Crippen LogP contribution in [0.4, 0.5) is 0 Å². The quantitative estimate of drug-likeness (QED) is 0.889. The molecule has 7 heteroatoms. The zero-order valence-corrected chi connectivity index (χ0v) is 13.7. The highest BCUT2D eigenvalue weighted by atomic mass is 79.9. The molecule has 0 saturated heterocycles. The van der Waals surface area contributed by atoms with Crippen LogP contribution in [-0.2, 0) is 10.0 Å². The van der Waals surface area contributed by atoms with Gasteiger partial charge in [-0.05, 0) is 46.6 Å². The minimum Gasteiger partial charge on any atom is -0.262 e. The van der Waals surface area contributed by atoms with Gasteiger partial charge in [-0.1, -0.05) is 23.7 Å². The van der Waals surface area contributed by atoms with Crippen molar-refractivity contribution < 1.29 is 8.42 Å². The lowest BCUT2D eigenvalue weighted by Crippen LogP contribution is -2.27. The largest absolute Gasteiger partial charge is 0.262 e. The number of hydrogen-bond donors (Lipinski definition) is 1. The van der Waals surface area contributed by atoms with Gasteiger partial charge in [0, 0.05) is 27.9 Å². The van der Waals surface area contributed by atoms with Crippen LogP contribution in [0.2, 0.25) is 5.02 Å². The molecule has 20 heavy (non-hydrogen) atoms. The fourth-order valence-electron chi connectivity index (χ4n) is 1.66. The van der Waals surface area contributed by atoms with Crippen LogP contribution in [0.5, 0.6) is 0 Å². The van der Waals surface area contributed by atoms with Gasteiger partial charge in [0.05, 0.1) is 0 Å². The van der Waals surface area contributed by atoms with Gasteiger partial charge in [0.2, 0.25) is 10.0 Å². The topological polar surface area (TPSA) is 59.1 Å². The molecule has 1 aromatic carbocycles. The lowest BCUT2D eigenvalue weighted by molar-refractivity contribution is 0.566. The Hall–Kier alpha value is -0.950. The van der Waals surface area contributed by atoms with Crippen molar-refractivity contribution in [3.8, 4) is 0 Å². The van der Waals surface area contributed by atoms with E-state index < -0.39 is 10.0 Å². The van der Waals surface area contributed by atoms with E-state index in [1.54, 1.807) is 31.2 Å². The average Bonchev–Trinajstić information content (AvgIpc) is 2.39. The molecule has 2 rings (SSSR count). The summed E-state index contributed by atoms with van der Waals surface area (Å²) in [4.78, 5) is 3.98. The highest BCUT2D eigenvalue weighted by Crippen LogP contribution is 2.20. The van der Waals surface area contributed by atoms with E-state index in [4.69, 9.17) is 11.6 Å². The first-order chi connectivity index (χ1) is 9.38. The predicted molar refractivity (Wildman–Crippen MR) is 82.1 cm³/mol. The maximum Gasteiger partial charge on any atom is 0.242 e. The monoisotopic (exact) mass is 374 g/mol. The molecule has 0 spiro atoms. The number of pyridine rings is 1. The molecular formula is C13H12BrClN2O2S. The number of nitrogens with one attached hydrogen (secondary N) is 1. The number of hydrogen-bond acceptors (Lipinski definition) is 3. The molecule has 1 atom stereocenters. The highest BCUT2D eigenvalue weighted by Gasteiger charge is 2.18. The fourth-order valence-corrected chi connectivity index (χ4v) is 3.52.